The first-order chi connectivity index (χ1) is 14.1. The standard InChI is InChI=1S/C23H25F2N3O/c1-16-9-22(29-27-16)12-19-3-2-4-23(19)28(14-17-5-7-26-8-6-17)15-18-10-20(24)13-21(25)11-18/h5-11,13,19,23H,2-4,12,14-15H2,1H3/t19-,23+/m0/s1. The van der Waals surface area contributed by atoms with Crippen LogP contribution in [0.5, 0.6) is 0 Å². The summed E-state index contributed by atoms with van der Waals surface area (Å²) in [5.74, 6) is 0.246. The number of hydrogen-bond acceptors (Lipinski definition) is 4. The van der Waals surface area contributed by atoms with Gasteiger partial charge in [-0.2, -0.15) is 0 Å². The fraction of sp³-hybridized carbons (Fsp3) is 0.391. The molecule has 2 aromatic heterocycles. The summed E-state index contributed by atoms with van der Waals surface area (Å²) in [4.78, 5) is 6.43. The molecule has 0 radical (unpaired) electrons. The Kier molecular flexibility index (Phi) is 6.00. The Morgan fingerprint density at radius 1 is 1.00 bits per heavy atom. The summed E-state index contributed by atoms with van der Waals surface area (Å²) < 4.78 is 33.0. The number of benzene rings is 1. The Morgan fingerprint density at radius 3 is 2.41 bits per heavy atom. The van der Waals surface area contributed by atoms with Crippen molar-refractivity contribution in [2.45, 2.75) is 51.7 Å². The van der Waals surface area contributed by atoms with Gasteiger partial charge in [0, 0.05) is 50.1 Å². The fourth-order valence-electron chi connectivity index (χ4n) is 4.46. The molecule has 2 atom stereocenters. The second-order valence-electron chi connectivity index (χ2n) is 7.94. The first-order valence-electron chi connectivity index (χ1n) is 10.1. The number of aromatic nitrogens is 2. The molecule has 0 bridgehead atoms. The Bertz CT molecular complexity index is 924. The van der Waals surface area contributed by atoms with Gasteiger partial charge in [0.05, 0.1) is 5.69 Å². The van der Waals surface area contributed by atoms with Gasteiger partial charge < -0.3 is 4.52 Å². The predicted molar refractivity (Wildman–Crippen MR) is 106 cm³/mol. The van der Waals surface area contributed by atoms with Crippen LogP contribution in [0.15, 0.2) is 53.3 Å². The molecule has 3 aromatic rings. The number of pyridine rings is 1. The Balaban J connectivity index is 1.57. The summed E-state index contributed by atoms with van der Waals surface area (Å²) in [5, 5.41) is 4.00. The lowest BCUT2D eigenvalue weighted by molar-refractivity contribution is 0.138. The molecule has 0 unspecified atom stereocenters. The Morgan fingerprint density at radius 2 is 1.72 bits per heavy atom. The van der Waals surface area contributed by atoms with Crippen molar-refractivity contribution >= 4 is 0 Å². The molecule has 0 spiro atoms. The summed E-state index contributed by atoms with van der Waals surface area (Å²) in [6.45, 7) is 3.12. The normalized spacial score (nSPS) is 19.2. The predicted octanol–water partition coefficient (Wildman–Crippen LogP) is 5.07. The lowest BCUT2D eigenvalue weighted by Gasteiger charge is -2.33. The SMILES string of the molecule is Cc1cc(C[C@@H]2CCC[C@H]2N(Cc2ccncc2)Cc2cc(F)cc(F)c2)on1. The van der Waals surface area contributed by atoms with Gasteiger partial charge in [0.1, 0.15) is 17.4 Å². The smallest absolute Gasteiger partial charge is 0.137 e. The molecule has 2 heterocycles. The average Bonchev–Trinajstić information content (AvgIpc) is 3.30. The average molecular weight is 397 g/mol. The largest absolute Gasteiger partial charge is 0.361 e. The van der Waals surface area contributed by atoms with E-state index in [4.69, 9.17) is 4.52 Å². The van der Waals surface area contributed by atoms with Crippen molar-refractivity contribution in [2.24, 2.45) is 5.92 Å². The third-order valence-corrected chi connectivity index (χ3v) is 5.67. The van der Waals surface area contributed by atoms with Crippen molar-refractivity contribution in [1.82, 2.24) is 15.0 Å². The van der Waals surface area contributed by atoms with Crippen LogP contribution in [-0.2, 0) is 19.5 Å². The molecule has 29 heavy (non-hydrogen) atoms. The van der Waals surface area contributed by atoms with Gasteiger partial charge in [-0.25, -0.2) is 8.78 Å². The molecule has 1 aliphatic rings. The number of hydrogen-bond donors (Lipinski definition) is 0. The van der Waals surface area contributed by atoms with E-state index in [-0.39, 0.29) is 0 Å². The zero-order valence-corrected chi connectivity index (χ0v) is 16.5. The number of nitrogens with zero attached hydrogens (tertiary/aromatic N) is 3. The molecule has 1 aliphatic carbocycles. The minimum atomic E-state index is -0.538. The first kappa shape index (κ1) is 19.7. The van der Waals surface area contributed by atoms with E-state index in [1.54, 1.807) is 12.4 Å². The van der Waals surface area contributed by atoms with Crippen LogP contribution < -0.4 is 0 Å². The maximum Gasteiger partial charge on any atom is 0.137 e. The molecular weight excluding hydrogens is 372 g/mol. The highest BCUT2D eigenvalue weighted by atomic mass is 19.1. The highest BCUT2D eigenvalue weighted by Crippen LogP contribution is 2.34. The molecule has 152 valence electrons. The molecule has 4 nitrogen and oxygen atoms in total. The third-order valence-electron chi connectivity index (χ3n) is 5.67. The van der Waals surface area contributed by atoms with Crippen molar-refractivity contribution in [2.75, 3.05) is 0 Å². The summed E-state index contributed by atoms with van der Waals surface area (Å²) in [5.41, 5.74) is 2.68. The summed E-state index contributed by atoms with van der Waals surface area (Å²) in [7, 11) is 0. The maximum atomic E-state index is 13.8. The molecule has 6 heteroatoms. The minimum absolute atomic E-state index is 0.305. The molecule has 1 aromatic carbocycles. The van der Waals surface area contributed by atoms with Gasteiger partial charge in [-0.3, -0.25) is 9.88 Å². The molecule has 1 fully saturated rings. The number of halogens is 2. The van der Waals surface area contributed by atoms with E-state index in [2.05, 4.69) is 15.0 Å². The van der Waals surface area contributed by atoms with E-state index < -0.39 is 11.6 Å². The van der Waals surface area contributed by atoms with E-state index in [1.165, 1.54) is 12.1 Å². The topological polar surface area (TPSA) is 42.2 Å². The van der Waals surface area contributed by atoms with Crippen LogP contribution in [0, 0.1) is 24.5 Å². The molecule has 4 rings (SSSR count). The van der Waals surface area contributed by atoms with Crippen LogP contribution in [0.25, 0.3) is 0 Å². The quantitative estimate of drug-likeness (QED) is 0.558. The van der Waals surface area contributed by atoms with Gasteiger partial charge >= 0.3 is 0 Å². The van der Waals surface area contributed by atoms with Gasteiger partial charge in [0.2, 0.25) is 0 Å². The maximum absolute atomic E-state index is 13.8. The molecule has 0 N–H and O–H groups in total. The van der Waals surface area contributed by atoms with Gasteiger partial charge in [-0.05, 0) is 61.1 Å². The Hall–Kier alpha value is -2.60. The van der Waals surface area contributed by atoms with Gasteiger partial charge in [-0.15, -0.1) is 0 Å². The first-order valence-corrected chi connectivity index (χ1v) is 10.1. The highest BCUT2D eigenvalue weighted by molar-refractivity contribution is 5.19. The highest BCUT2D eigenvalue weighted by Gasteiger charge is 2.33. The lowest BCUT2D eigenvalue weighted by Crippen LogP contribution is -2.37. The molecule has 0 amide bonds. The zero-order valence-electron chi connectivity index (χ0n) is 16.5. The van der Waals surface area contributed by atoms with Gasteiger partial charge in [0.15, 0.2) is 0 Å². The van der Waals surface area contributed by atoms with Crippen LogP contribution in [0.2, 0.25) is 0 Å². The van der Waals surface area contributed by atoms with Crippen molar-refractivity contribution in [1.29, 1.82) is 0 Å². The van der Waals surface area contributed by atoms with Crippen molar-refractivity contribution in [3.63, 3.8) is 0 Å². The lowest BCUT2D eigenvalue weighted by atomic mass is 9.95. The monoisotopic (exact) mass is 397 g/mol. The molecular formula is C23H25F2N3O. The van der Waals surface area contributed by atoms with Crippen LogP contribution >= 0.6 is 0 Å². The van der Waals surface area contributed by atoms with Crippen LogP contribution in [0.4, 0.5) is 8.78 Å². The molecule has 0 aliphatic heterocycles. The minimum Gasteiger partial charge on any atom is -0.361 e. The van der Waals surface area contributed by atoms with Crippen LogP contribution in [0.3, 0.4) is 0 Å². The molecule has 0 saturated heterocycles. The number of aryl methyl sites for hydroxylation is 1. The summed E-state index contributed by atoms with van der Waals surface area (Å²) >= 11 is 0. The number of rotatable bonds is 7. The third kappa shape index (κ3) is 5.07. The van der Waals surface area contributed by atoms with E-state index in [0.29, 0.717) is 30.6 Å². The summed E-state index contributed by atoms with van der Waals surface area (Å²) in [6.07, 6.45) is 7.68. The van der Waals surface area contributed by atoms with Crippen molar-refractivity contribution in [3.8, 4) is 0 Å². The van der Waals surface area contributed by atoms with E-state index in [1.807, 2.05) is 25.1 Å². The van der Waals surface area contributed by atoms with Crippen molar-refractivity contribution < 1.29 is 13.3 Å². The van der Waals surface area contributed by atoms with Gasteiger partial charge in [-0.1, -0.05) is 11.6 Å². The van der Waals surface area contributed by atoms with E-state index in [0.717, 1.165) is 48.8 Å². The zero-order chi connectivity index (χ0) is 20.2. The van der Waals surface area contributed by atoms with Gasteiger partial charge in [0.25, 0.3) is 0 Å². The second kappa shape index (κ2) is 8.82. The summed E-state index contributed by atoms with van der Waals surface area (Å²) in [6, 6.07) is 10.0. The van der Waals surface area contributed by atoms with Crippen LogP contribution in [-0.4, -0.2) is 21.1 Å². The van der Waals surface area contributed by atoms with E-state index >= 15 is 0 Å². The Labute approximate surface area is 169 Å². The van der Waals surface area contributed by atoms with Crippen molar-refractivity contribution in [3.05, 3.63) is 83.0 Å². The molecule has 1 saturated carbocycles. The fourth-order valence-corrected chi connectivity index (χ4v) is 4.46. The second-order valence-corrected chi connectivity index (χ2v) is 7.94. The van der Waals surface area contributed by atoms with Crippen LogP contribution in [0.1, 0.15) is 41.8 Å². The van der Waals surface area contributed by atoms with E-state index in [9.17, 15) is 8.78 Å².